The minimum atomic E-state index is -0.0713. The highest BCUT2D eigenvalue weighted by Gasteiger charge is 2.35. The summed E-state index contributed by atoms with van der Waals surface area (Å²) in [7, 11) is 0. The van der Waals surface area contributed by atoms with Gasteiger partial charge in [0, 0.05) is 35.1 Å². The van der Waals surface area contributed by atoms with Gasteiger partial charge >= 0.3 is 0 Å². The molecule has 0 bridgehead atoms. The Hall–Kier alpha value is -1.99. The summed E-state index contributed by atoms with van der Waals surface area (Å²) in [6.07, 6.45) is 4.01. The number of rotatable bonds is 3. The van der Waals surface area contributed by atoms with E-state index in [1.54, 1.807) is 11.3 Å². The third kappa shape index (κ3) is 4.46. The number of ether oxygens (including phenoxy) is 1. The molecule has 1 N–H and O–H groups in total. The maximum Gasteiger partial charge on any atom is 0.252 e. The van der Waals surface area contributed by atoms with E-state index in [4.69, 9.17) is 9.72 Å². The molecule has 2 aliphatic rings. The van der Waals surface area contributed by atoms with Gasteiger partial charge in [-0.25, -0.2) is 9.97 Å². The zero-order chi connectivity index (χ0) is 20.8. The van der Waals surface area contributed by atoms with Gasteiger partial charge in [-0.15, -0.1) is 11.3 Å². The minimum Gasteiger partial charge on any atom is -0.372 e. The van der Waals surface area contributed by atoms with E-state index in [1.165, 1.54) is 0 Å². The normalized spacial score (nSPS) is 26.1. The Labute approximate surface area is 176 Å². The van der Waals surface area contributed by atoms with Gasteiger partial charge < -0.3 is 15.0 Å². The van der Waals surface area contributed by atoms with Gasteiger partial charge in [0.2, 0.25) is 5.95 Å². The van der Waals surface area contributed by atoms with E-state index in [9.17, 15) is 4.79 Å². The first kappa shape index (κ1) is 20.3. The van der Waals surface area contributed by atoms with Gasteiger partial charge in [-0.1, -0.05) is 13.8 Å². The summed E-state index contributed by atoms with van der Waals surface area (Å²) in [4.78, 5) is 25.7. The summed E-state index contributed by atoms with van der Waals surface area (Å²) in [5, 5.41) is 5.14. The number of fused-ring (bicyclic) bond motifs is 1. The van der Waals surface area contributed by atoms with E-state index in [-0.39, 0.29) is 29.6 Å². The monoisotopic (exact) mass is 414 g/mol. The molecule has 2 aromatic heterocycles. The fourth-order valence-corrected chi connectivity index (χ4v) is 5.15. The molecule has 3 heterocycles. The van der Waals surface area contributed by atoms with Crippen LogP contribution < -0.4 is 10.2 Å². The Morgan fingerprint density at radius 1 is 1.31 bits per heavy atom. The summed E-state index contributed by atoms with van der Waals surface area (Å²) in [5.74, 6) is 0.741. The molecule has 6 nitrogen and oxygen atoms in total. The second kappa shape index (κ2) is 7.69. The Kier molecular flexibility index (Phi) is 5.38. The fourth-order valence-electron chi connectivity index (χ4n) is 4.46. The molecule has 29 heavy (non-hydrogen) atoms. The largest absolute Gasteiger partial charge is 0.372 e. The molecular weight excluding hydrogens is 384 g/mol. The van der Waals surface area contributed by atoms with Gasteiger partial charge in [0.05, 0.1) is 29.5 Å². The molecule has 1 amide bonds. The van der Waals surface area contributed by atoms with E-state index < -0.39 is 0 Å². The van der Waals surface area contributed by atoms with Crippen molar-refractivity contribution in [2.24, 2.45) is 5.41 Å². The number of aromatic nitrogens is 2. The summed E-state index contributed by atoms with van der Waals surface area (Å²) >= 11 is 1.60. The van der Waals surface area contributed by atoms with Gasteiger partial charge in [0.1, 0.15) is 0 Å². The van der Waals surface area contributed by atoms with Crippen molar-refractivity contribution in [1.82, 2.24) is 15.3 Å². The molecule has 0 saturated carbocycles. The Balaban J connectivity index is 1.60. The number of anilines is 1. The van der Waals surface area contributed by atoms with Crippen molar-refractivity contribution in [2.75, 3.05) is 18.0 Å². The summed E-state index contributed by atoms with van der Waals surface area (Å²) in [6, 6.07) is 1.87. The second-order valence-corrected chi connectivity index (χ2v) is 10.4. The minimum absolute atomic E-state index is 0.0251. The number of hydrogen-bond donors (Lipinski definition) is 1. The number of morpholine rings is 1. The van der Waals surface area contributed by atoms with Crippen LogP contribution in [0.1, 0.15) is 66.7 Å². The van der Waals surface area contributed by atoms with Crippen LogP contribution in [0.4, 0.5) is 5.95 Å². The number of nitrogens with zero attached hydrogens (tertiary/aromatic N) is 3. The molecular formula is C22H30N4O2S. The maximum atomic E-state index is 12.8. The van der Waals surface area contributed by atoms with Crippen molar-refractivity contribution >= 4 is 23.2 Å². The van der Waals surface area contributed by atoms with E-state index >= 15 is 0 Å². The molecule has 1 fully saturated rings. The first-order valence-corrected chi connectivity index (χ1v) is 11.2. The first-order chi connectivity index (χ1) is 13.7. The summed E-state index contributed by atoms with van der Waals surface area (Å²) in [6.45, 7) is 12.3. The Morgan fingerprint density at radius 3 is 2.69 bits per heavy atom. The van der Waals surface area contributed by atoms with Crippen molar-refractivity contribution in [3.8, 4) is 0 Å². The Morgan fingerprint density at radius 2 is 2.03 bits per heavy atom. The van der Waals surface area contributed by atoms with Crippen molar-refractivity contribution in [1.29, 1.82) is 0 Å². The predicted octanol–water partition coefficient (Wildman–Crippen LogP) is 3.90. The molecule has 4 rings (SSSR count). The molecule has 1 aliphatic heterocycles. The molecule has 0 unspecified atom stereocenters. The average molecular weight is 415 g/mol. The highest BCUT2D eigenvalue weighted by molar-refractivity contribution is 7.10. The van der Waals surface area contributed by atoms with E-state index in [2.05, 4.69) is 42.9 Å². The maximum absolute atomic E-state index is 12.8. The van der Waals surface area contributed by atoms with Gasteiger partial charge in [0.25, 0.3) is 5.91 Å². The lowest BCUT2D eigenvalue weighted by Crippen LogP contribution is -2.46. The van der Waals surface area contributed by atoms with Crippen LogP contribution in [0.3, 0.4) is 0 Å². The molecule has 0 spiro atoms. The molecule has 1 saturated heterocycles. The number of carbonyl (C=O) groups is 1. The van der Waals surface area contributed by atoms with E-state index in [1.807, 2.05) is 24.6 Å². The standard InChI is InChI=1S/C22H30N4O2S/c1-13-10-26(11-14(2)28-13)21-23-9-17-18(7-22(4,5)8-19(17)25-21)24-20(27)16-6-15(3)29-12-16/h6,9,12-14,18H,7-8,10-11H2,1-5H3,(H,24,27)/t13-,14+,18-/m0/s1. The smallest absolute Gasteiger partial charge is 0.252 e. The van der Waals surface area contributed by atoms with Crippen LogP contribution in [-0.4, -0.2) is 41.2 Å². The van der Waals surface area contributed by atoms with Crippen LogP contribution >= 0.6 is 11.3 Å². The number of carbonyl (C=O) groups excluding carboxylic acids is 1. The van der Waals surface area contributed by atoms with E-state index in [0.717, 1.165) is 53.6 Å². The molecule has 3 atom stereocenters. The SMILES string of the molecule is Cc1cc(C(=O)N[C@H]2CC(C)(C)Cc3nc(N4C[C@@H](C)O[C@@H](C)C4)ncc32)cs1. The molecule has 156 valence electrons. The quantitative estimate of drug-likeness (QED) is 0.825. The van der Waals surface area contributed by atoms with Crippen molar-refractivity contribution in [2.45, 2.75) is 65.7 Å². The number of amides is 1. The lowest BCUT2D eigenvalue weighted by Gasteiger charge is -2.38. The molecule has 1 aliphatic carbocycles. The Bertz CT molecular complexity index is 900. The molecule has 2 aromatic rings. The van der Waals surface area contributed by atoms with Crippen LogP contribution in [0, 0.1) is 12.3 Å². The number of thiophene rings is 1. The highest BCUT2D eigenvalue weighted by atomic mass is 32.1. The molecule has 0 radical (unpaired) electrons. The highest BCUT2D eigenvalue weighted by Crippen LogP contribution is 2.40. The summed E-state index contributed by atoms with van der Waals surface area (Å²) in [5.41, 5.74) is 2.88. The van der Waals surface area contributed by atoms with Gasteiger partial charge in [0.15, 0.2) is 0 Å². The van der Waals surface area contributed by atoms with Crippen LogP contribution in [0.15, 0.2) is 17.6 Å². The molecule has 7 heteroatoms. The fraction of sp³-hybridized carbons (Fsp3) is 0.591. The zero-order valence-electron chi connectivity index (χ0n) is 17.9. The predicted molar refractivity (Wildman–Crippen MR) is 116 cm³/mol. The lowest BCUT2D eigenvalue weighted by molar-refractivity contribution is -0.00575. The zero-order valence-corrected chi connectivity index (χ0v) is 18.7. The first-order valence-electron chi connectivity index (χ1n) is 10.3. The van der Waals surface area contributed by atoms with Crippen molar-refractivity contribution in [3.63, 3.8) is 0 Å². The third-order valence-electron chi connectivity index (χ3n) is 5.67. The lowest BCUT2D eigenvalue weighted by atomic mass is 9.74. The van der Waals surface area contributed by atoms with Crippen molar-refractivity contribution < 1.29 is 9.53 Å². The van der Waals surface area contributed by atoms with Gasteiger partial charge in [-0.2, -0.15) is 0 Å². The topological polar surface area (TPSA) is 67.4 Å². The number of aryl methyl sites for hydroxylation is 1. The van der Waals surface area contributed by atoms with Crippen LogP contribution in [0.2, 0.25) is 0 Å². The van der Waals surface area contributed by atoms with Gasteiger partial charge in [-0.05, 0) is 45.1 Å². The van der Waals surface area contributed by atoms with E-state index in [0.29, 0.717) is 0 Å². The van der Waals surface area contributed by atoms with Crippen LogP contribution in [0.25, 0.3) is 0 Å². The van der Waals surface area contributed by atoms with Crippen molar-refractivity contribution in [3.05, 3.63) is 39.3 Å². The third-order valence-corrected chi connectivity index (χ3v) is 6.53. The summed E-state index contributed by atoms with van der Waals surface area (Å²) < 4.78 is 5.84. The number of nitrogens with one attached hydrogen (secondary N) is 1. The number of hydrogen-bond acceptors (Lipinski definition) is 6. The average Bonchev–Trinajstić information content (AvgIpc) is 3.06. The van der Waals surface area contributed by atoms with Crippen LogP contribution in [0.5, 0.6) is 0 Å². The second-order valence-electron chi connectivity index (χ2n) is 9.25. The molecule has 0 aromatic carbocycles. The van der Waals surface area contributed by atoms with Crippen LogP contribution in [-0.2, 0) is 11.2 Å². The van der Waals surface area contributed by atoms with Gasteiger partial charge in [-0.3, -0.25) is 4.79 Å².